The van der Waals surface area contributed by atoms with Crippen LogP contribution in [-0.4, -0.2) is 48.4 Å². The van der Waals surface area contributed by atoms with Crippen LogP contribution in [0.4, 0.5) is 0 Å². The lowest BCUT2D eigenvalue weighted by atomic mass is 10.1. The molecule has 0 N–H and O–H groups in total. The predicted molar refractivity (Wildman–Crippen MR) is 69.5 cm³/mol. The van der Waals surface area contributed by atoms with E-state index in [0.717, 1.165) is 32.7 Å². The van der Waals surface area contributed by atoms with E-state index < -0.39 is 0 Å². The SMILES string of the molecule is CCN(CC)CCC(C)CN(CC)C(C)=O. The summed E-state index contributed by atoms with van der Waals surface area (Å²) in [7, 11) is 0. The van der Waals surface area contributed by atoms with Gasteiger partial charge in [-0.2, -0.15) is 0 Å². The summed E-state index contributed by atoms with van der Waals surface area (Å²) in [5.74, 6) is 0.779. The Hall–Kier alpha value is -0.570. The number of carbonyl (C=O) groups is 1. The lowest BCUT2D eigenvalue weighted by Gasteiger charge is -2.25. The molecule has 0 fully saturated rings. The van der Waals surface area contributed by atoms with Crippen molar-refractivity contribution in [1.82, 2.24) is 9.80 Å². The molecule has 0 aromatic heterocycles. The maximum atomic E-state index is 11.3. The van der Waals surface area contributed by atoms with E-state index >= 15 is 0 Å². The fourth-order valence-corrected chi connectivity index (χ4v) is 1.89. The molecule has 0 spiro atoms. The van der Waals surface area contributed by atoms with E-state index in [1.54, 1.807) is 6.92 Å². The van der Waals surface area contributed by atoms with Crippen molar-refractivity contribution in [3.8, 4) is 0 Å². The van der Waals surface area contributed by atoms with Gasteiger partial charge in [0.2, 0.25) is 5.91 Å². The summed E-state index contributed by atoms with van der Waals surface area (Å²) >= 11 is 0. The van der Waals surface area contributed by atoms with Crippen molar-refractivity contribution in [2.75, 3.05) is 32.7 Å². The van der Waals surface area contributed by atoms with E-state index in [2.05, 4.69) is 25.7 Å². The summed E-state index contributed by atoms with van der Waals surface area (Å²) in [5.41, 5.74) is 0. The minimum absolute atomic E-state index is 0.192. The number of hydrogen-bond donors (Lipinski definition) is 0. The fraction of sp³-hybridized carbons (Fsp3) is 0.923. The summed E-state index contributed by atoms with van der Waals surface area (Å²) in [6.45, 7) is 15.4. The summed E-state index contributed by atoms with van der Waals surface area (Å²) in [4.78, 5) is 15.6. The molecular weight excluding hydrogens is 200 g/mol. The van der Waals surface area contributed by atoms with Gasteiger partial charge >= 0.3 is 0 Å². The zero-order valence-electron chi connectivity index (χ0n) is 11.6. The Morgan fingerprint density at radius 3 is 2.06 bits per heavy atom. The number of hydrogen-bond acceptors (Lipinski definition) is 2. The molecule has 1 unspecified atom stereocenters. The van der Waals surface area contributed by atoms with Gasteiger partial charge in [-0.1, -0.05) is 20.8 Å². The standard InChI is InChI=1S/C13H28N2O/c1-6-14(7-2)10-9-12(4)11-15(8-3)13(5)16/h12H,6-11H2,1-5H3. The van der Waals surface area contributed by atoms with Crippen molar-refractivity contribution in [3.05, 3.63) is 0 Å². The average molecular weight is 228 g/mol. The Labute approximate surface area is 101 Å². The molecular formula is C13H28N2O. The minimum Gasteiger partial charge on any atom is -0.343 e. The van der Waals surface area contributed by atoms with Gasteiger partial charge in [0.05, 0.1) is 0 Å². The third-order valence-electron chi connectivity index (χ3n) is 3.19. The Balaban J connectivity index is 3.88. The monoisotopic (exact) mass is 228 g/mol. The van der Waals surface area contributed by atoms with Crippen molar-refractivity contribution in [1.29, 1.82) is 0 Å². The first-order chi connectivity index (χ1) is 7.54. The largest absolute Gasteiger partial charge is 0.343 e. The summed E-state index contributed by atoms with van der Waals surface area (Å²) in [6.07, 6.45) is 1.17. The number of amides is 1. The van der Waals surface area contributed by atoms with Crippen LogP contribution in [0, 0.1) is 5.92 Å². The summed E-state index contributed by atoms with van der Waals surface area (Å²) < 4.78 is 0. The zero-order valence-corrected chi connectivity index (χ0v) is 11.6. The lowest BCUT2D eigenvalue weighted by molar-refractivity contribution is -0.129. The molecule has 1 amide bonds. The van der Waals surface area contributed by atoms with Crippen molar-refractivity contribution >= 4 is 5.91 Å². The highest BCUT2D eigenvalue weighted by atomic mass is 16.2. The van der Waals surface area contributed by atoms with Crippen LogP contribution < -0.4 is 0 Å². The Bertz CT molecular complexity index is 190. The Morgan fingerprint density at radius 2 is 1.69 bits per heavy atom. The normalized spacial score (nSPS) is 12.9. The van der Waals surface area contributed by atoms with Crippen LogP contribution in [0.5, 0.6) is 0 Å². The molecule has 0 heterocycles. The Morgan fingerprint density at radius 1 is 1.12 bits per heavy atom. The third-order valence-corrected chi connectivity index (χ3v) is 3.19. The third kappa shape index (κ3) is 6.11. The smallest absolute Gasteiger partial charge is 0.219 e. The minimum atomic E-state index is 0.192. The van der Waals surface area contributed by atoms with E-state index in [1.807, 2.05) is 11.8 Å². The van der Waals surface area contributed by atoms with Gasteiger partial charge in [0.1, 0.15) is 0 Å². The molecule has 0 aliphatic carbocycles. The number of carbonyl (C=O) groups excluding carboxylic acids is 1. The molecule has 0 radical (unpaired) electrons. The Kier molecular flexibility index (Phi) is 8.26. The van der Waals surface area contributed by atoms with Crippen molar-refractivity contribution in [2.24, 2.45) is 5.92 Å². The lowest BCUT2D eigenvalue weighted by Crippen LogP contribution is -2.34. The van der Waals surface area contributed by atoms with Gasteiger partial charge in [-0.15, -0.1) is 0 Å². The van der Waals surface area contributed by atoms with Gasteiger partial charge in [0.15, 0.2) is 0 Å². The van der Waals surface area contributed by atoms with Crippen LogP contribution >= 0.6 is 0 Å². The van der Waals surface area contributed by atoms with E-state index in [0.29, 0.717) is 5.92 Å². The first-order valence-electron chi connectivity index (χ1n) is 6.52. The van der Waals surface area contributed by atoms with Gasteiger partial charge in [-0.3, -0.25) is 4.79 Å². The highest BCUT2D eigenvalue weighted by Crippen LogP contribution is 2.06. The van der Waals surface area contributed by atoms with Gasteiger partial charge < -0.3 is 9.80 Å². The molecule has 0 rings (SSSR count). The van der Waals surface area contributed by atoms with Crippen LogP contribution in [0.1, 0.15) is 41.0 Å². The van der Waals surface area contributed by atoms with Gasteiger partial charge in [0.25, 0.3) is 0 Å². The molecule has 0 bridgehead atoms. The molecule has 3 heteroatoms. The van der Waals surface area contributed by atoms with Crippen molar-refractivity contribution < 1.29 is 4.79 Å². The second-order valence-corrected chi connectivity index (χ2v) is 4.48. The quantitative estimate of drug-likeness (QED) is 0.636. The van der Waals surface area contributed by atoms with Crippen molar-refractivity contribution in [3.63, 3.8) is 0 Å². The second kappa shape index (κ2) is 8.57. The molecule has 0 aromatic rings. The molecule has 96 valence electrons. The first kappa shape index (κ1) is 15.4. The number of nitrogens with zero attached hydrogens (tertiary/aromatic N) is 2. The van der Waals surface area contributed by atoms with Crippen LogP contribution in [0.25, 0.3) is 0 Å². The van der Waals surface area contributed by atoms with Crippen LogP contribution in [0.15, 0.2) is 0 Å². The van der Waals surface area contributed by atoms with E-state index in [4.69, 9.17) is 0 Å². The average Bonchev–Trinajstić information content (AvgIpc) is 2.26. The maximum Gasteiger partial charge on any atom is 0.219 e. The van der Waals surface area contributed by atoms with Gasteiger partial charge in [-0.25, -0.2) is 0 Å². The summed E-state index contributed by atoms with van der Waals surface area (Å²) in [6, 6.07) is 0. The predicted octanol–water partition coefficient (Wildman–Crippen LogP) is 2.22. The molecule has 16 heavy (non-hydrogen) atoms. The van der Waals surface area contributed by atoms with Gasteiger partial charge in [0, 0.05) is 20.0 Å². The van der Waals surface area contributed by atoms with Crippen LogP contribution in [-0.2, 0) is 4.79 Å². The van der Waals surface area contributed by atoms with Crippen LogP contribution in [0.3, 0.4) is 0 Å². The van der Waals surface area contributed by atoms with E-state index in [1.165, 1.54) is 6.42 Å². The highest BCUT2D eigenvalue weighted by Gasteiger charge is 2.11. The zero-order chi connectivity index (χ0) is 12.6. The fourth-order valence-electron chi connectivity index (χ4n) is 1.89. The van der Waals surface area contributed by atoms with Crippen LogP contribution in [0.2, 0.25) is 0 Å². The van der Waals surface area contributed by atoms with Crippen molar-refractivity contribution in [2.45, 2.75) is 41.0 Å². The molecule has 0 aliphatic rings. The summed E-state index contributed by atoms with van der Waals surface area (Å²) in [5, 5.41) is 0. The molecule has 0 aromatic carbocycles. The molecule has 0 aliphatic heterocycles. The van der Waals surface area contributed by atoms with Gasteiger partial charge in [-0.05, 0) is 38.9 Å². The number of rotatable bonds is 8. The molecule has 0 saturated carbocycles. The molecule has 1 atom stereocenters. The first-order valence-corrected chi connectivity index (χ1v) is 6.52. The topological polar surface area (TPSA) is 23.6 Å². The molecule has 3 nitrogen and oxygen atoms in total. The second-order valence-electron chi connectivity index (χ2n) is 4.48. The molecule has 0 saturated heterocycles. The van der Waals surface area contributed by atoms with E-state index in [-0.39, 0.29) is 5.91 Å². The van der Waals surface area contributed by atoms with E-state index in [9.17, 15) is 4.79 Å². The maximum absolute atomic E-state index is 11.3. The highest BCUT2D eigenvalue weighted by molar-refractivity contribution is 5.73.